The summed E-state index contributed by atoms with van der Waals surface area (Å²) in [5, 5.41) is 2.59. The Balaban J connectivity index is 2.27. The molecule has 2 aromatic carbocycles. The molecular formula is C15H15FN2O3. The van der Waals surface area contributed by atoms with E-state index in [9.17, 15) is 9.18 Å². The quantitative estimate of drug-likeness (QED) is 0.849. The van der Waals surface area contributed by atoms with Crippen molar-refractivity contribution in [1.29, 1.82) is 0 Å². The Morgan fingerprint density at radius 3 is 2.52 bits per heavy atom. The summed E-state index contributed by atoms with van der Waals surface area (Å²) in [6.07, 6.45) is 0. The normalized spacial score (nSPS) is 10.0. The minimum Gasteiger partial charge on any atom is -0.497 e. The predicted molar refractivity (Wildman–Crippen MR) is 78.3 cm³/mol. The zero-order valence-electron chi connectivity index (χ0n) is 11.6. The van der Waals surface area contributed by atoms with Gasteiger partial charge in [-0.3, -0.25) is 4.79 Å². The number of nitrogens with two attached hydrogens (primary N) is 1. The van der Waals surface area contributed by atoms with Gasteiger partial charge in [-0.2, -0.15) is 0 Å². The Kier molecular flexibility index (Phi) is 4.27. The molecule has 6 heteroatoms. The van der Waals surface area contributed by atoms with Crippen LogP contribution in [0.15, 0.2) is 36.4 Å². The highest BCUT2D eigenvalue weighted by Gasteiger charge is 2.14. The molecule has 2 rings (SSSR count). The number of carbonyl (C=O) groups excluding carboxylic acids is 1. The van der Waals surface area contributed by atoms with Crippen LogP contribution in [0.4, 0.5) is 15.8 Å². The van der Waals surface area contributed by atoms with Gasteiger partial charge in [-0.05, 0) is 30.3 Å². The van der Waals surface area contributed by atoms with Gasteiger partial charge in [0.15, 0.2) is 0 Å². The summed E-state index contributed by atoms with van der Waals surface area (Å²) >= 11 is 0. The first-order valence-corrected chi connectivity index (χ1v) is 6.13. The van der Waals surface area contributed by atoms with Crippen molar-refractivity contribution in [2.24, 2.45) is 0 Å². The van der Waals surface area contributed by atoms with E-state index in [4.69, 9.17) is 15.2 Å². The molecule has 0 saturated heterocycles. The summed E-state index contributed by atoms with van der Waals surface area (Å²) < 4.78 is 23.9. The van der Waals surface area contributed by atoms with Crippen molar-refractivity contribution in [1.82, 2.24) is 0 Å². The minimum atomic E-state index is -0.681. The number of rotatable bonds is 4. The fourth-order valence-corrected chi connectivity index (χ4v) is 1.81. The highest BCUT2D eigenvalue weighted by molar-refractivity contribution is 6.05. The predicted octanol–water partition coefficient (Wildman–Crippen LogP) is 2.68. The SMILES string of the molecule is COc1ccc(NC(=O)c2ccc(N)cc2F)c(OC)c1. The first-order chi connectivity index (χ1) is 10.0. The van der Waals surface area contributed by atoms with E-state index < -0.39 is 11.7 Å². The van der Waals surface area contributed by atoms with Gasteiger partial charge in [0, 0.05) is 11.8 Å². The molecule has 0 unspecified atom stereocenters. The number of nitrogens with one attached hydrogen (secondary N) is 1. The first-order valence-electron chi connectivity index (χ1n) is 6.13. The lowest BCUT2D eigenvalue weighted by molar-refractivity contribution is 0.102. The smallest absolute Gasteiger partial charge is 0.258 e. The number of amides is 1. The van der Waals surface area contributed by atoms with Crippen molar-refractivity contribution >= 4 is 17.3 Å². The van der Waals surface area contributed by atoms with Crippen molar-refractivity contribution in [3.05, 3.63) is 47.8 Å². The zero-order valence-corrected chi connectivity index (χ0v) is 11.6. The Bertz CT molecular complexity index is 674. The van der Waals surface area contributed by atoms with E-state index in [-0.39, 0.29) is 11.3 Å². The van der Waals surface area contributed by atoms with E-state index in [1.807, 2.05) is 0 Å². The molecule has 0 fully saturated rings. The van der Waals surface area contributed by atoms with Crippen LogP contribution in [0.2, 0.25) is 0 Å². The monoisotopic (exact) mass is 290 g/mol. The molecular weight excluding hydrogens is 275 g/mol. The maximum absolute atomic E-state index is 13.7. The molecule has 0 saturated carbocycles. The second kappa shape index (κ2) is 6.13. The van der Waals surface area contributed by atoms with Crippen molar-refractivity contribution in [2.75, 3.05) is 25.3 Å². The molecule has 0 bridgehead atoms. The highest BCUT2D eigenvalue weighted by atomic mass is 19.1. The third-order valence-corrected chi connectivity index (χ3v) is 2.89. The number of carbonyl (C=O) groups is 1. The standard InChI is InChI=1S/C15H15FN2O3/c1-20-10-4-6-13(14(8-10)21-2)18-15(19)11-5-3-9(17)7-12(11)16/h3-8H,17H2,1-2H3,(H,18,19). The zero-order chi connectivity index (χ0) is 15.4. The average molecular weight is 290 g/mol. The second-order valence-electron chi connectivity index (χ2n) is 4.26. The van der Waals surface area contributed by atoms with Crippen LogP contribution in [0, 0.1) is 5.82 Å². The van der Waals surface area contributed by atoms with Gasteiger partial charge in [-0.25, -0.2) is 4.39 Å². The Labute approximate surface area is 121 Å². The van der Waals surface area contributed by atoms with Gasteiger partial charge in [0.05, 0.1) is 25.5 Å². The van der Waals surface area contributed by atoms with Gasteiger partial charge in [0.1, 0.15) is 17.3 Å². The van der Waals surface area contributed by atoms with Gasteiger partial charge in [-0.15, -0.1) is 0 Å². The molecule has 5 nitrogen and oxygen atoms in total. The summed E-state index contributed by atoms with van der Waals surface area (Å²) in [6, 6.07) is 8.79. The van der Waals surface area contributed by atoms with E-state index in [2.05, 4.69) is 5.32 Å². The summed E-state index contributed by atoms with van der Waals surface area (Å²) in [5.41, 5.74) is 6.03. The maximum Gasteiger partial charge on any atom is 0.258 e. The fraction of sp³-hybridized carbons (Fsp3) is 0.133. The summed E-state index contributed by atoms with van der Waals surface area (Å²) in [4.78, 5) is 12.1. The van der Waals surface area contributed by atoms with E-state index in [0.717, 1.165) is 6.07 Å². The van der Waals surface area contributed by atoms with E-state index >= 15 is 0 Å². The van der Waals surface area contributed by atoms with Crippen LogP contribution in [0.25, 0.3) is 0 Å². The van der Waals surface area contributed by atoms with Crippen molar-refractivity contribution in [3.8, 4) is 11.5 Å². The van der Waals surface area contributed by atoms with Crippen molar-refractivity contribution in [3.63, 3.8) is 0 Å². The number of benzene rings is 2. The molecule has 2 aromatic rings. The highest BCUT2D eigenvalue weighted by Crippen LogP contribution is 2.29. The van der Waals surface area contributed by atoms with Crippen LogP contribution in [0.5, 0.6) is 11.5 Å². The van der Waals surface area contributed by atoms with Crippen LogP contribution >= 0.6 is 0 Å². The van der Waals surface area contributed by atoms with Crippen LogP contribution in [0.1, 0.15) is 10.4 Å². The third-order valence-electron chi connectivity index (χ3n) is 2.89. The van der Waals surface area contributed by atoms with Crippen LogP contribution in [-0.2, 0) is 0 Å². The number of hydrogen-bond acceptors (Lipinski definition) is 4. The maximum atomic E-state index is 13.7. The molecule has 3 N–H and O–H groups in total. The van der Waals surface area contributed by atoms with Crippen LogP contribution in [0.3, 0.4) is 0 Å². The van der Waals surface area contributed by atoms with E-state index in [0.29, 0.717) is 17.2 Å². The number of nitrogen functional groups attached to an aromatic ring is 1. The number of ether oxygens (including phenoxy) is 2. The molecule has 110 valence electrons. The lowest BCUT2D eigenvalue weighted by Crippen LogP contribution is -2.14. The second-order valence-corrected chi connectivity index (χ2v) is 4.26. The lowest BCUT2D eigenvalue weighted by Gasteiger charge is -2.12. The van der Waals surface area contributed by atoms with Gasteiger partial charge in [-0.1, -0.05) is 0 Å². The molecule has 0 atom stereocenters. The van der Waals surface area contributed by atoms with Gasteiger partial charge in [0.2, 0.25) is 0 Å². The van der Waals surface area contributed by atoms with Gasteiger partial charge < -0.3 is 20.5 Å². The fourth-order valence-electron chi connectivity index (χ4n) is 1.81. The molecule has 1 amide bonds. The molecule has 0 radical (unpaired) electrons. The number of anilines is 2. The van der Waals surface area contributed by atoms with Gasteiger partial charge >= 0.3 is 0 Å². The third kappa shape index (κ3) is 3.22. The largest absolute Gasteiger partial charge is 0.497 e. The molecule has 0 aliphatic carbocycles. The van der Waals surface area contributed by atoms with E-state index in [1.165, 1.54) is 26.4 Å². The summed E-state index contributed by atoms with van der Waals surface area (Å²) in [7, 11) is 2.99. The molecule has 0 aromatic heterocycles. The molecule has 0 aliphatic heterocycles. The molecule has 0 heterocycles. The molecule has 0 spiro atoms. The van der Waals surface area contributed by atoms with Gasteiger partial charge in [0.25, 0.3) is 5.91 Å². The topological polar surface area (TPSA) is 73.6 Å². The summed E-state index contributed by atoms with van der Waals surface area (Å²) in [6.45, 7) is 0. The molecule has 21 heavy (non-hydrogen) atoms. The first kappa shape index (κ1) is 14.6. The van der Waals surface area contributed by atoms with Crippen LogP contribution in [-0.4, -0.2) is 20.1 Å². The molecule has 0 aliphatic rings. The lowest BCUT2D eigenvalue weighted by atomic mass is 10.1. The minimum absolute atomic E-state index is 0.0953. The Hall–Kier alpha value is -2.76. The Morgan fingerprint density at radius 2 is 1.90 bits per heavy atom. The number of halogens is 1. The van der Waals surface area contributed by atoms with Crippen molar-refractivity contribution in [2.45, 2.75) is 0 Å². The Morgan fingerprint density at radius 1 is 1.14 bits per heavy atom. The summed E-state index contributed by atoms with van der Waals surface area (Å²) in [5.74, 6) is -0.266. The van der Waals surface area contributed by atoms with Crippen molar-refractivity contribution < 1.29 is 18.7 Å². The van der Waals surface area contributed by atoms with E-state index in [1.54, 1.807) is 18.2 Å². The average Bonchev–Trinajstić information content (AvgIpc) is 2.47. The number of hydrogen-bond donors (Lipinski definition) is 2. The number of methoxy groups -OCH3 is 2. The van der Waals surface area contributed by atoms with Crippen LogP contribution < -0.4 is 20.5 Å².